The quantitative estimate of drug-likeness (QED) is 0.501. The molecule has 32 heavy (non-hydrogen) atoms. The molecule has 1 aliphatic carbocycles. The minimum atomic E-state index is -0.375. The number of hydrogen-bond donors (Lipinski definition) is 1. The highest BCUT2D eigenvalue weighted by molar-refractivity contribution is 5.95. The topological polar surface area (TPSA) is 99.4 Å². The van der Waals surface area contributed by atoms with Crippen molar-refractivity contribution >= 4 is 5.91 Å². The number of hydrogen-bond acceptors (Lipinski definition) is 7. The lowest BCUT2D eigenvalue weighted by molar-refractivity contribution is 0.0913. The standard InChI is InChI=1S/C24H28N4O4/c1-4-30-20-12-18(9-10-19(20)31-14-16-6-5-11-25-13-16)23(29)26-21(15(2)3)24-27-22(28-32-24)17-7-8-17/h5-6,9-13,15,17,21H,4,7-8,14H2,1-3H3,(H,26,29). The molecule has 1 saturated carbocycles. The van der Waals surface area contributed by atoms with Crippen molar-refractivity contribution in [2.75, 3.05) is 6.61 Å². The van der Waals surface area contributed by atoms with Crippen LogP contribution < -0.4 is 14.8 Å². The fourth-order valence-electron chi connectivity index (χ4n) is 3.30. The molecule has 8 nitrogen and oxygen atoms in total. The van der Waals surface area contributed by atoms with Crippen LogP contribution in [0.4, 0.5) is 0 Å². The normalized spacial score (nSPS) is 14.2. The summed E-state index contributed by atoms with van der Waals surface area (Å²) in [6, 6.07) is 8.58. The van der Waals surface area contributed by atoms with Crippen molar-refractivity contribution < 1.29 is 18.8 Å². The van der Waals surface area contributed by atoms with Crippen LogP contribution in [0.5, 0.6) is 11.5 Å². The van der Waals surface area contributed by atoms with E-state index in [2.05, 4.69) is 20.4 Å². The minimum Gasteiger partial charge on any atom is -0.490 e. The number of aromatic nitrogens is 3. The maximum absolute atomic E-state index is 13.0. The van der Waals surface area contributed by atoms with Crippen LogP contribution >= 0.6 is 0 Å². The number of rotatable bonds is 10. The first-order valence-electron chi connectivity index (χ1n) is 11.0. The van der Waals surface area contributed by atoms with Crippen molar-refractivity contribution in [2.24, 2.45) is 5.92 Å². The molecule has 1 unspecified atom stereocenters. The molecular formula is C24H28N4O4. The first kappa shape index (κ1) is 21.8. The number of benzene rings is 1. The SMILES string of the molecule is CCOc1cc(C(=O)NC(c2nc(C3CC3)no2)C(C)C)ccc1OCc1cccnc1. The molecule has 168 valence electrons. The smallest absolute Gasteiger partial charge is 0.252 e. The van der Waals surface area contributed by atoms with E-state index in [4.69, 9.17) is 14.0 Å². The fourth-order valence-corrected chi connectivity index (χ4v) is 3.30. The van der Waals surface area contributed by atoms with Gasteiger partial charge >= 0.3 is 0 Å². The van der Waals surface area contributed by atoms with Gasteiger partial charge in [-0.1, -0.05) is 25.1 Å². The van der Waals surface area contributed by atoms with E-state index in [0.29, 0.717) is 42.1 Å². The zero-order valence-corrected chi connectivity index (χ0v) is 18.6. The van der Waals surface area contributed by atoms with Crippen LogP contribution in [-0.2, 0) is 6.61 Å². The van der Waals surface area contributed by atoms with Crippen LogP contribution in [0, 0.1) is 5.92 Å². The Kier molecular flexibility index (Phi) is 6.68. The van der Waals surface area contributed by atoms with Crippen molar-refractivity contribution in [1.29, 1.82) is 0 Å². The fraction of sp³-hybridized carbons (Fsp3) is 0.417. The Bertz CT molecular complexity index is 1050. The second kappa shape index (κ2) is 9.80. The molecule has 0 spiro atoms. The molecule has 3 aromatic rings. The van der Waals surface area contributed by atoms with Crippen molar-refractivity contribution in [3.8, 4) is 11.5 Å². The van der Waals surface area contributed by atoms with E-state index in [-0.39, 0.29) is 17.9 Å². The van der Waals surface area contributed by atoms with Crippen molar-refractivity contribution in [3.05, 3.63) is 65.6 Å². The minimum absolute atomic E-state index is 0.0832. The number of amides is 1. The molecule has 1 aromatic carbocycles. The summed E-state index contributed by atoms with van der Waals surface area (Å²) in [5, 5.41) is 7.11. The van der Waals surface area contributed by atoms with Gasteiger partial charge in [0.2, 0.25) is 5.89 Å². The van der Waals surface area contributed by atoms with Crippen LogP contribution in [0.3, 0.4) is 0 Å². The molecule has 0 bridgehead atoms. The Labute approximate surface area is 187 Å². The number of nitrogens with zero attached hydrogens (tertiary/aromatic N) is 3. The molecule has 0 aliphatic heterocycles. The Morgan fingerprint density at radius 3 is 2.75 bits per heavy atom. The highest BCUT2D eigenvalue weighted by atomic mass is 16.5. The number of carbonyl (C=O) groups excluding carboxylic acids is 1. The molecule has 2 aromatic heterocycles. The van der Waals surface area contributed by atoms with Gasteiger partial charge in [-0.15, -0.1) is 0 Å². The zero-order valence-electron chi connectivity index (χ0n) is 18.6. The second-order valence-corrected chi connectivity index (χ2v) is 8.20. The van der Waals surface area contributed by atoms with Gasteiger partial charge < -0.3 is 19.3 Å². The average Bonchev–Trinajstić information content (AvgIpc) is 3.54. The van der Waals surface area contributed by atoms with Gasteiger partial charge in [-0.3, -0.25) is 9.78 Å². The van der Waals surface area contributed by atoms with E-state index in [1.165, 1.54) is 0 Å². The highest BCUT2D eigenvalue weighted by Crippen LogP contribution is 2.38. The third kappa shape index (κ3) is 5.25. The van der Waals surface area contributed by atoms with Gasteiger partial charge in [0.1, 0.15) is 12.6 Å². The Balaban J connectivity index is 1.48. The summed E-state index contributed by atoms with van der Waals surface area (Å²) in [4.78, 5) is 21.6. The average molecular weight is 437 g/mol. The Morgan fingerprint density at radius 1 is 1.22 bits per heavy atom. The van der Waals surface area contributed by atoms with Crippen LogP contribution in [-0.4, -0.2) is 27.6 Å². The van der Waals surface area contributed by atoms with Crippen LogP contribution in [0.1, 0.15) is 73.2 Å². The monoisotopic (exact) mass is 436 g/mol. The molecule has 1 N–H and O–H groups in total. The Hall–Kier alpha value is -3.42. The van der Waals surface area contributed by atoms with Gasteiger partial charge in [0.25, 0.3) is 5.91 Å². The molecule has 0 radical (unpaired) electrons. The van der Waals surface area contributed by atoms with E-state index in [1.807, 2.05) is 32.9 Å². The molecule has 0 saturated heterocycles. The summed E-state index contributed by atoms with van der Waals surface area (Å²) in [6.07, 6.45) is 5.65. The molecule has 8 heteroatoms. The molecule has 1 fully saturated rings. The largest absolute Gasteiger partial charge is 0.490 e. The third-order valence-electron chi connectivity index (χ3n) is 5.24. The van der Waals surface area contributed by atoms with Crippen molar-refractivity contribution in [2.45, 2.75) is 52.2 Å². The summed E-state index contributed by atoms with van der Waals surface area (Å²) in [5.74, 6) is 2.49. The number of pyridine rings is 1. The Morgan fingerprint density at radius 2 is 2.06 bits per heavy atom. The number of carbonyl (C=O) groups is 1. The van der Waals surface area contributed by atoms with E-state index < -0.39 is 0 Å². The summed E-state index contributed by atoms with van der Waals surface area (Å²) in [7, 11) is 0. The second-order valence-electron chi connectivity index (χ2n) is 8.20. The summed E-state index contributed by atoms with van der Waals surface area (Å²) < 4.78 is 17.1. The van der Waals surface area contributed by atoms with E-state index in [9.17, 15) is 4.79 Å². The lowest BCUT2D eigenvalue weighted by Gasteiger charge is -2.19. The molecule has 1 aliphatic rings. The van der Waals surface area contributed by atoms with Crippen LogP contribution in [0.15, 0.2) is 47.2 Å². The van der Waals surface area contributed by atoms with Crippen LogP contribution in [0.25, 0.3) is 0 Å². The molecule has 4 rings (SSSR count). The van der Waals surface area contributed by atoms with Crippen LogP contribution in [0.2, 0.25) is 0 Å². The van der Waals surface area contributed by atoms with Gasteiger partial charge in [0, 0.05) is 29.4 Å². The van der Waals surface area contributed by atoms with Gasteiger partial charge in [0.15, 0.2) is 17.3 Å². The summed E-state index contributed by atoms with van der Waals surface area (Å²) >= 11 is 0. The van der Waals surface area contributed by atoms with Gasteiger partial charge in [0.05, 0.1) is 6.61 Å². The highest BCUT2D eigenvalue weighted by Gasteiger charge is 2.31. The predicted octanol–water partition coefficient (Wildman–Crippen LogP) is 4.45. The van der Waals surface area contributed by atoms with Gasteiger partial charge in [-0.05, 0) is 49.9 Å². The first-order valence-corrected chi connectivity index (χ1v) is 11.0. The van der Waals surface area contributed by atoms with Gasteiger partial charge in [-0.2, -0.15) is 4.98 Å². The molecule has 2 heterocycles. The zero-order chi connectivity index (χ0) is 22.5. The lowest BCUT2D eigenvalue weighted by Crippen LogP contribution is -2.32. The van der Waals surface area contributed by atoms with Crippen molar-refractivity contribution in [3.63, 3.8) is 0 Å². The van der Waals surface area contributed by atoms with E-state index in [1.54, 1.807) is 30.6 Å². The maximum Gasteiger partial charge on any atom is 0.252 e. The van der Waals surface area contributed by atoms with Gasteiger partial charge in [-0.25, -0.2) is 0 Å². The molecule has 1 atom stereocenters. The summed E-state index contributed by atoms with van der Waals surface area (Å²) in [6.45, 7) is 6.71. The van der Waals surface area contributed by atoms with E-state index in [0.717, 1.165) is 24.2 Å². The predicted molar refractivity (Wildman–Crippen MR) is 117 cm³/mol. The molecular weight excluding hydrogens is 408 g/mol. The maximum atomic E-state index is 13.0. The lowest BCUT2D eigenvalue weighted by atomic mass is 10.0. The van der Waals surface area contributed by atoms with Crippen molar-refractivity contribution in [1.82, 2.24) is 20.4 Å². The number of ether oxygens (including phenoxy) is 2. The summed E-state index contributed by atoms with van der Waals surface area (Å²) in [5.41, 5.74) is 1.41. The third-order valence-corrected chi connectivity index (χ3v) is 5.24. The van der Waals surface area contributed by atoms with E-state index >= 15 is 0 Å². The number of nitrogens with one attached hydrogen (secondary N) is 1. The molecule has 1 amide bonds. The first-order chi connectivity index (χ1) is 15.5.